The van der Waals surface area contributed by atoms with Gasteiger partial charge in [-0.1, -0.05) is 6.92 Å². The van der Waals surface area contributed by atoms with Crippen molar-refractivity contribution < 1.29 is 4.79 Å². The summed E-state index contributed by atoms with van der Waals surface area (Å²) in [5.74, 6) is 1.13. The van der Waals surface area contributed by atoms with Crippen LogP contribution in [0.5, 0.6) is 0 Å². The minimum atomic E-state index is 0.298. The molecule has 2 aliphatic rings. The number of carbonyl (C=O) groups is 1. The van der Waals surface area contributed by atoms with Crippen LogP contribution in [-0.4, -0.2) is 54.5 Å². The minimum Gasteiger partial charge on any atom is -0.341 e. The summed E-state index contributed by atoms with van der Waals surface area (Å²) in [6.07, 6.45) is 4.39. The van der Waals surface area contributed by atoms with Crippen molar-refractivity contribution >= 4 is 5.91 Å². The Morgan fingerprint density at radius 3 is 2.29 bits per heavy atom. The SMILES string of the molecule is CC1CCN(CC(=O)N2CCC(N)CC2)CC1. The molecule has 0 spiro atoms. The average molecular weight is 239 g/mol. The molecule has 0 aromatic rings. The lowest BCUT2D eigenvalue weighted by atomic mass is 9.99. The van der Waals surface area contributed by atoms with Crippen molar-refractivity contribution in [2.24, 2.45) is 11.7 Å². The number of nitrogens with two attached hydrogens (primary N) is 1. The van der Waals surface area contributed by atoms with E-state index in [9.17, 15) is 4.79 Å². The summed E-state index contributed by atoms with van der Waals surface area (Å²) in [6, 6.07) is 0.301. The van der Waals surface area contributed by atoms with E-state index in [0.717, 1.165) is 44.9 Å². The lowest BCUT2D eigenvalue weighted by Gasteiger charge is -2.34. The van der Waals surface area contributed by atoms with Crippen LogP contribution >= 0.6 is 0 Å². The van der Waals surface area contributed by atoms with E-state index in [0.29, 0.717) is 18.5 Å². The summed E-state index contributed by atoms with van der Waals surface area (Å²) in [6.45, 7) is 6.78. The van der Waals surface area contributed by atoms with Crippen molar-refractivity contribution in [1.82, 2.24) is 9.80 Å². The highest BCUT2D eigenvalue weighted by molar-refractivity contribution is 5.78. The molecule has 2 aliphatic heterocycles. The lowest BCUT2D eigenvalue weighted by Crippen LogP contribution is -2.47. The maximum Gasteiger partial charge on any atom is 0.236 e. The molecule has 98 valence electrons. The van der Waals surface area contributed by atoms with Gasteiger partial charge in [-0.2, -0.15) is 0 Å². The Morgan fingerprint density at radius 1 is 1.12 bits per heavy atom. The lowest BCUT2D eigenvalue weighted by molar-refractivity contribution is -0.133. The first-order valence-corrected chi connectivity index (χ1v) is 6.91. The van der Waals surface area contributed by atoms with E-state index in [-0.39, 0.29) is 0 Å². The number of amides is 1. The molecule has 0 bridgehead atoms. The third kappa shape index (κ3) is 3.68. The van der Waals surface area contributed by atoms with Crippen LogP contribution in [0.2, 0.25) is 0 Å². The van der Waals surface area contributed by atoms with Gasteiger partial charge in [0.25, 0.3) is 0 Å². The Hall–Kier alpha value is -0.610. The Bertz CT molecular complexity index is 253. The maximum atomic E-state index is 12.1. The van der Waals surface area contributed by atoms with E-state index in [1.165, 1.54) is 12.8 Å². The molecule has 0 atom stereocenters. The molecular weight excluding hydrogens is 214 g/mol. The van der Waals surface area contributed by atoms with E-state index in [2.05, 4.69) is 11.8 Å². The highest BCUT2D eigenvalue weighted by Crippen LogP contribution is 2.16. The summed E-state index contributed by atoms with van der Waals surface area (Å²) in [5.41, 5.74) is 5.85. The van der Waals surface area contributed by atoms with Crippen LogP contribution in [0.4, 0.5) is 0 Å². The summed E-state index contributed by atoms with van der Waals surface area (Å²) in [7, 11) is 0. The van der Waals surface area contributed by atoms with Crippen molar-refractivity contribution in [1.29, 1.82) is 0 Å². The Labute approximate surface area is 104 Å². The Kier molecular flexibility index (Phi) is 4.40. The maximum absolute atomic E-state index is 12.1. The molecule has 0 unspecified atom stereocenters. The second-order valence-corrected chi connectivity index (χ2v) is 5.68. The highest BCUT2D eigenvalue weighted by Gasteiger charge is 2.23. The van der Waals surface area contributed by atoms with Crippen LogP contribution in [-0.2, 0) is 4.79 Å². The van der Waals surface area contributed by atoms with Gasteiger partial charge < -0.3 is 10.6 Å². The van der Waals surface area contributed by atoms with Crippen LogP contribution in [0, 0.1) is 5.92 Å². The zero-order chi connectivity index (χ0) is 12.3. The first-order chi connectivity index (χ1) is 8.15. The van der Waals surface area contributed by atoms with Crippen molar-refractivity contribution in [3.8, 4) is 0 Å². The van der Waals surface area contributed by atoms with Gasteiger partial charge in [0.05, 0.1) is 6.54 Å². The third-order valence-electron chi connectivity index (χ3n) is 4.13. The fraction of sp³-hybridized carbons (Fsp3) is 0.923. The second-order valence-electron chi connectivity index (χ2n) is 5.68. The zero-order valence-corrected chi connectivity index (χ0v) is 10.9. The summed E-state index contributed by atoms with van der Waals surface area (Å²) >= 11 is 0. The molecule has 0 radical (unpaired) electrons. The Morgan fingerprint density at radius 2 is 1.71 bits per heavy atom. The van der Waals surface area contributed by atoms with Crippen molar-refractivity contribution in [2.75, 3.05) is 32.7 Å². The van der Waals surface area contributed by atoms with E-state index in [4.69, 9.17) is 5.73 Å². The van der Waals surface area contributed by atoms with Gasteiger partial charge in [-0.15, -0.1) is 0 Å². The average Bonchev–Trinajstić information content (AvgIpc) is 2.33. The molecular formula is C13H25N3O. The zero-order valence-electron chi connectivity index (χ0n) is 10.9. The first-order valence-electron chi connectivity index (χ1n) is 6.91. The standard InChI is InChI=1S/C13H25N3O/c1-11-2-6-15(7-3-11)10-13(17)16-8-4-12(14)5-9-16/h11-12H,2-10,14H2,1H3. The number of carbonyl (C=O) groups excluding carboxylic acids is 1. The van der Waals surface area contributed by atoms with E-state index < -0.39 is 0 Å². The molecule has 0 aromatic heterocycles. The molecule has 2 heterocycles. The molecule has 17 heavy (non-hydrogen) atoms. The number of hydrogen-bond acceptors (Lipinski definition) is 3. The Balaban J connectivity index is 1.73. The molecule has 2 N–H and O–H groups in total. The highest BCUT2D eigenvalue weighted by atomic mass is 16.2. The van der Waals surface area contributed by atoms with Crippen LogP contribution in [0.15, 0.2) is 0 Å². The van der Waals surface area contributed by atoms with Gasteiger partial charge in [0.2, 0.25) is 5.91 Å². The van der Waals surface area contributed by atoms with Crippen LogP contribution in [0.1, 0.15) is 32.6 Å². The summed E-state index contributed by atoms with van der Waals surface area (Å²) in [5, 5.41) is 0. The van der Waals surface area contributed by atoms with Gasteiger partial charge in [0, 0.05) is 19.1 Å². The van der Waals surface area contributed by atoms with Gasteiger partial charge in [-0.25, -0.2) is 0 Å². The summed E-state index contributed by atoms with van der Waals surface area (Å²) in [4.78, 5) is 16.4. The molecule has 2 fully saturated rings. The molecule has 0 aromatic carbocycles. The molecule has 2 saturated heterocycles. The van der Waals surface area contributed by atoms with Gasteiger partial charge in [-0.05, 0) is 44.7 Å². The molecule has 4 heteroatoms. The van der Waals surface area contributed by atoms with Crippen LogP contribution in [0.25, 0.3) is 0 Å². The number of likely N-dealkylation sites (tertiary alicyclic amines) is 2. The number of rotatable bonds is 2. The van der Waals surface area contributed by atoms with Crippen molar-refractivity contribution in [2.45, 2.75) is 38.6 Å². The summed E-state index contributed by atoms with van der Waals surface area (Å²) < 4.78 is 0. The van der Waals surface area contributed by atoms with Crippen LogP contribution < -0.4 is 5.73 Å². The number of piperidine rings is 2. The number of nitrogens with zero attached hydrogens (tertiary/aromatic N) is 2. The van der Waals surface area contributed by atoms with E-state index in [1.54, 1.807) is 0 Å². The second kappa shape index (κ2) is 5.83. The van der Waals surface area contributed by atoms with Gasteiger partial charge in [0.1, 0.15) is 0 Å². The smallest absolute Gasteiger partial charge is 0.236 e. The molecule has 0 saturated carbocycles. The van der Waals surface area contributed by atoms with Crippen LogP contribution in [0.3, 0.4) is 0 Å². The predicted molar refractivity (Wildman–Crippen MR) is 68.6 cm³/mol. The third-order valence-corrected chi connectivity index (χ3v) is 4.13. The molecule has 0 aliphatic carbocycles. The fourth-order valence-corrected chi connectivity index (χ4v) is 2.66. The number of hydrogen-bond donors (Lipinski definition) is 1. The topological polar surface area (TPSA) is 49.6 Å². The molecule has 1 amide bonds. The van der Waals surface area contributed by atoms with E-state index in [1.807, 2.05) is 4.90 Å². The van der Waals surface area contributed by atoms with Crippen molar-refractivity contribution in [3.63, 3.8) is 0 Å². The van der Waals surface area contributed by atoms with E-state index >= 15 is 0 Å². The van der Waals surface area contributed by atoms with Gasteiger partial charge in [-0.3, -0.25) is 9.69 Å². The minimum absolute atomic E-state index is 0.298. The fourth-order valence-electron chi connectivity index (χ4n) is 2.66. The monoisotopic (exact) mass is 239 g/mol. The van der Waals surface area contributed by atoms with Crippen molar-refractivity contribution in [3.05, 3.63) is 0 Å². The largest absolute Gasteiger partial charge is 0.341 e. The van der Waals surface area contributed by atoms with Gasteiger partial charge >= 0.3 is 0 Å². The molecule has 2 rings (SSSR count). The predicted octanol–water partition coefficient (Wildman–Crippen LogP) is 0.668. The van der Waals surface area contributed by atoms with Gasteiger partial charge in [0.15, 0.2) is 0 Å². The quantitative estimate of drug-likeness (QED) is 0.770. The molecule has 4 nitrogen and oxygen atoms in total. The normalized spacial score (nSPS) is 25.2. The first kappa shape index (κ1) is 12.8.